The Morgan fingerprint density at radius 3 is 2.62 bits per heavy atom. The van der Waals surface area contributed by atoms with E-state index >= 15 is 0 Å². The number of fused-ring (bicyclic) bond motifs is 1. The SMILES string of the molecule is Cc1cccc(C)c1NC(=O)C(C)SC1=Nc2ccccc2CS1. The lowest BCUT2D eigenvalue weighted by molar-refractivity contribution is -0.115. The number of para-hydroxylation sites is 2. The van der Waals surface area contributed by atoms with Crippen LogP contribution in [0.15, 0.2) is 47.5 Å². The highest BCUT2D eigenvalue weighted by Crippen LogP contribution is 2.36. The number of carbonyl (C=O) groups is 1. The van der Waals surface area contributed by atoms with Crippen molar-refractivity contribution in [2.24, 2.45) is 4.99 Å². The number of thioether (sulfide) groups is 2. The molecule has 3 nitrogen and oxygen atoms in total. The molecule has 1 N–H and O–H groups in total. The quantitative estimate of drug-likeness (QED) is 0.811. The van der Waals surface area contributed by atoms with Gasteiger partial charge in [-0.25, -0.2) is 4.99 Å². The minimum atomic E-state index is -0.194. The Kier molecular flexibility index (Phi) is 5.31. The third-order valence-electron chi connectivity index (χ3n) is 3.93. The third-order valence-corrected chi connectivity index (χ3v) is 6.23. The highest BCUT2D eigenvalue weighted by atomic mass is 32.2. The van der Waals surface area contributed by atoms with Gasteiger partial charge in [0.25, 0.3) is 0 Å². The van der Waals surface area contributed by atoms with Crippen molar-refractivity contribution in [2.45, 2.75) is 31.8 Å². The molecule has 1 amide bonds. The van der Waals surface area contributed by atoms with Crippen LogP contribution < -0.4 is 5.32 Å². The van der Waals surface area contributed by atoms with Crippen molar-refractivity contribution < 1.29 is 4.79 Å². The van der Waals surface area contributed by atoms with Gasteiger partial charge in [-0.1, -0.05) is 59.9 Å². The Bertz CT molecular complexity index is 781. The van der Waals surface area contributed by atoms with E-state index in [1.54, 1.807) is 11.8 Å². The van der Waals surface area contributed by atoms with Gasteiger partial charge in [0.1, 0.15) is 4.38 Å². The maximum Gasteiger partial charge on any atom is 0.237 e. The Morgan fingerprint density at radius 1 is 1.17 bits per heavy atom. The van der Waals surface area contributed by atoms with Gasteiger partial charge in [-0.2, -0.15) is 0 Å². The lowest BCUT2D eigenvalue weighted by atomic mass is 10.1. The maximum atomic E-state index is 12.5. The fourth-order valence-electron chi connectivity index (χ4n) is 2.51. The summed E-state index contributed by atoms with van der Waals surface area (Å²) in [6, 6.07) is 14.2. The first-order chi connectivity index (χ1) is 11.5. The number of hydrogen-bond donors (Lipinski definition) is 1. The minimum absolute atomic E-state index is 0.0135. The average Bonchev–Trinajstić information content (AvgIpc) is 2.58. The second-order valence-electron chi connectivity index (χ2n) is 5.81. The van der Waals surface area contributed by atoms with Crippen molar-refractivity contribution in [3.8, 4) is 0 Å². The number of aryl methyl sites for hydroxylation is 2. The summed E-state index contributed by atoms with van der Waals surface area (Å²) in [6.07, 6.45) is 0. The van der Waals surface area contributed by atoms with Crippen molar-refractivity contribution in [3.63, 3.8) is 0 Å². The smallest absolute Gasteiger partial charge is 0.237 e. The molecular weight excluding hydrogens is 336 g/mol. The Labute approximate surface area is 151 Å². The van der Waals surface area contributed by atoms with Crippen LogP contribution in [0.5, 0.6) is 0 Å². The van der Waals surface area contributed by atoms with Crippen molar-refractivity contribution in [1.29, 1.82) is 0 Å². The van der Waals surface area contributed by atoms with Crippen molar-refractivity contribution in [1.82, 2.24) is 0 Å². The van der Waals surface area contributed by atoms with E-state index in [9.17, 15) is 4.79 Å². The molecule has 0 spiro atoms. The summed E-state index contributed by atoms with van der Waals surface area (Å²) in [5, 5.41) is 2.87. The molecule has 0 aliphatic carbocycles. The maximum absolute atomic E-state index is 12.5. The zero-order valence-corrected chi connectivity index (χ0v) is 15.6. The van der Waals surface area contributed by atoms with E-state index < -0.39 is 0 Å². The molecule has 1 aliphatic heterocycles. The lowest BCUT2D eigenvalue weighted by Crippen LogP contribution is -2.24. The first-order valence-corrected chi connectivity index (χ1v) is 9.74. The Balaban J connectivity index is 1.68. The van der Waals surface area contributed by atoms with Gasteiger partial charge < -0.3 is 5.32 Å². The van der Waals surface area contributed by atoms with Gasteiger partial charge in [-0.15, -0.1) is 0 Å². The van der Waals surface area contributed by atoms with E-state index in [0.717, 1.165) is 32.6 Å². The molecule has 0 bridgehead atoms. The van der Waals surface area contributed by atoms with Gasteiger partial charge in [0, 0.05) is 11.4 Å². The molecular formula is C19H20N2OS2. The molecule has 1 heterocycles. The fraction of sp³-hybridized carbons (Fsp3) is 0.263. The largest absolute Gasteiger partial charge is 0.325 e. The van der Waals surface area contributed by atoms with Gasteiger partial charge in [0.2, 0.25) is 5.91 Å². The number of amides is 1. The van der Waals surface area contributed by atoms with Crippen LogP contribution in [0.4, 0.5) is 11.4 Å². The fourth-order valence-corrected chi connectivity index (χ4v) is 4.70. The van der Waals surface area contributed by atoms with E-state index in [2.05, 4.69) is 16.4 Å². The number of hydrogen-bond acceptors (Lipinski definition) is 4. The molecule has 1 atom stereocenters. The van der Waals surface area contributed by atoms with Crippen LogP contribution in [-0.4, -0.2) is 15.5 Å². The number of carbonyl (C=O) groups excluding carboxylic acids is 1. The molecule has 124 valence electrons. The average molecular weight is 357 g/mol. The van der Waals surface area contributed by atoms with Gasteiger partial charge in [-0.3, -0.25) is 4.79 Å². The first kappa shape index (κ1) is 17.1. The lowest BCUT2D eigenvalue weighted by Gasteiger charge is -2.18. The molecule has 5 heteroatoms. The van der Waals surface area contributed by atoms with Gasteiger partial charge in [0.05, 0.1) is 10.9 Å². The number of rotatable bonds is 3. The topological polar surface area (TPSA) is 41.5 Å². The van der Waals surface area contributed by atoms with Crippen LogP contribution >= 0.6 is 23.5 Å². The zero-order chi connectivity index (χ0) is 17.1. The summed E-state index contributed by atoms with van der Waals surface area (Å²) in [5.41, 5.74) is 5.34. The normalized spacial score (nSPS) is 14.5. The monoisotopic (exact) mass is 356 g/mol. The second-order valence-corrected chi connectivity index (χ2v) is 8.36. The van der Waals surface area contributed by atoms with E-state index in [0.29, 0.717) is 0 Å². The Morgan fingerprint density at radius 2 is 1.88 bits per heavy atom. The van der Waals surface area contributed by atoms with E-state index in [-0.39, 0.29) is 11.2 Å². The summed E-state index contributed by atoms with van der Waals surface area (Å²) in [5.74, 6) is 0.923. The van der Waals surface area contributed by atoms with Crippen molar-refractivity contribution in [2.75, 3.05) is 5.32 Å². The van der Waals surface area contributed by atoms with Crippen LogP contribution in [0.1, 0.15) is 23.6 Å². The molecule has 1 unspecified atom stereocenters. The molecule has 0 saturated heterocycles. The van der Waals surface area contributed by atoms with Gasteiger partial charge in [-0.05, 0) is 43.5 Å². The van der Waals surface area contributed by atoms with Crippen molar-refractivity contribution in [3.05, 3.63) is 59.2 Å². The number of benzene rings is 2. The van der Waals surface area contributed by atoms with Crippen LogP contribution in [0.25, 0.3) is 0 Å². The van der Waals surface area contributed by atoms with E-state index in [4.69, 9.17) is 0 Å². The van der Waals surface area contributed by atoms with E-state index in [1.807, 2.05) is 57.2 Å². The highest BCUT2D eigenvalue weighted by Gasteiger charge is 2.20. The zero-order valence-electron chi connectivity index (χ0n) is 14.0. The van der Waals surface area contributed by atoms with E-state index in [1.165, 1.54) is 17.3 Å². The summed E-state index contributed by atoms with van der Waals surface area (Å²) in [4.78, 5) is 17.2. The van der Waals surface area contributed by atoms with Crippen LogP contribution in [-0.2, 0) is 10.5 Å². The summed E-state index contributed by atoms with van der Waals surface area (Å²) in [7, 11) is 0. The van der Waals surface area contributed by atoms with Gasteiger partial charge >= 0.3 is 0 Å². The highest BCUT2D eigenvalue weighted by molar-refractivity contribution is 8.39. The van der Waals surface area contributed by atoms with Gasteiger partial charge in [0.15, 0.2) is 0 Å². The van der Waals surface area contributed by atoms with Crippen LogP contribution in [0.3, 0.4) is 0 Å². The standard InChI is InChI=1S/C19H20N2OS2/c1-12-7-6-8-13(2)17(12)21-18(22)14(3)24-19-20-16-10-5-4-9-15(16)11-23-19/h4-10,14H,11H2,1-3H3,(H,21,22). The number of nitrogens with one attached hydrogen (secondary N) is 1. The molecule has 0 aromatic heterocycles. The number of anilines is 1. The predicted octanol–water partition coefficient (Wildman–Crippen LogP) is 5.30. The summed E-state index contributed by atoms with van der Waals surface area (Å²) >= 11 is 3.22. The molecule has 0 radical (unpaired) electrons. The predicted molar refractivity (Wildman–Crippen MR) is 106 cm³/mol. The molecule has 0 saturated carbocycles. The number of aliphatic imine (C=N–C) groups is 1. The molecule has 1 aliphatic rings. The molecule has 0 fully saturated rings. The molecule has 2 aromatic rings. The van der Waals surface area contributed by atoms with Crippen LogP contribution in [0.2, 0.25) is 0 Å². The minimum Gasteiger partial charge on any atom is -0.325 e. The number of nitrogens with zero attached hydrogens (tertiary/aromatic N) is 1. The third kappa shape index (κ3) is 3.84. The second kappa shape index (κ2) is 7.45. The molecule has 24 heavy (non-hydrogen) atoms. The Hall–Kier alpha value is -1.72. The first-order valence-electron chi connectivity index (χ1n) is 7.87. The molecule has 2 aromatic carbocycles. The van der Waals surface area contributed by atoms with Crippen LogP contribution in [0, 0.1) is 13.8 Å². The molecule has 3 rings (SSSR count). The summed E-state index contributed by atoms with van der Waals surface area (Å²) < 4.78 is 0.956. The van der Waals surface area contributed by atoms with Crippen molar-refractivity contribution >= 4 is 45.2 Å². The summed E-state index contributed by atoms with van der Waals surface area (Å²) in [6.45, 7) is 5.95.